The molecule has 1 aliphatic carbocycles. The quantitative estimate of drug-likeness (QED) is 0.245. The number of anilines is 1. The van der Waals surface area contributed by atoms with E-state index in [2.05, 4.69) is 10.6 Å². The van der Waals surface area contributed by atoms with Gasteiger partial charge in [0.05, 0.1) is 18.6 Å². The van der Waals surface area contributed by atoms with Crippen LogP contribution in [0.1, 0.15) is 77.7 Å². The summed E-state index contributed by atoms with van der Waals surface area (Å²) in [4.78, 5) is 38.5. The molecule has 5 atom stereocenters. The summed E-state index contributed by atoms with van der Waals surface area (Å²) in [5, 5.41) is 27.2. The minimum absolute atomic E-state index is 0.0465. The van der Waals surface area contributed by atoms with Gasteiger partial charge in [0.1, 0.15) is 17.9 Å². The number of benzene rings is 1. The molecule has 9 nitrogen and oxygen atoms in total. The van der Waals surface area contributed by atoms with Crippen LogP contribution in [-0.2, 0) is 30.3 Å². The number of allylic oxidation sites excluding steroid dienone is 5. The van der Waals surface area contributed by atoms with Gasteiger partial charge in [0.2, 0.25) is 11.8 Å². The molecule has 9 heteroatoms. The number of aliphatic hydroxyl groups excluding tert-OH is 1. The molecule has 4 N–H and O–H groups in total. The molecule has 0 radical (unpaired) electrons. The third-order valence-electron chi connectivity index (χ3n) is 8.52. The van der Waals surface area contributed by atoms with Gasteiger partial charge in [-0.15, -0.1) is 0 Å². The van der Waals surface area contributed by atoms with Crippen molar-refractivity contribution in [2.45, 2.75) is 103 Å². The van der Waals surface area contributed by atoms with Crippen LogP contribution in [-0.4, -0.2) is 59.5 Å². The second-order valence-electron chi connectivity index (χ2n) is 12.2. The fourth-order valence-electron chi connectivity index (χ4n) is 5.70. The third-order valence-corrected chi connectivity index (χ3v) is 8.52. The first-order chi connectivity index (χ1) is 21.6. The number of phenolic OH excluding ortho intramolecular Hbond substituents is 1. The molecule has 0 spiro atoms. The fourth-order valence-corrected chi connectivity index (χ4v) is 5.70. The number of aryl methyl sites for hydroxylation is 1. The van der Waals surface area contributed by atoms with Gasteiger partial charge in [0.15, 0.2) is 0 Å². The van der Waals surface area contributed by atoms with E-state index in [1.807, 2.05) is 44.2 Å². The number of phenols is 1. The van der Waals surface area contributed by atoms with Crippen LogP contribution in [0.15, 0.2) is 66.3 Å². The first-order valence-electron chi connectivity index (χ1n) is 16.1. The molecule has 1 saturated carbocycles. The molecule has 45 heavy (non-hydrogen) atoms. The number of carbonyl (C=O) groups excluding carboxylic acids is 3. The average Bonchev–Trinajstić information content (AvgIpc) is 3.01. The smallest absolute Gasteiger partial charge is 0.328 e. The Morgan fingerprint density at radius 2 is 1.80 bits per heavy atom. The number of hydrogen-bond donors (Lipinski definition) is 4. The van der Waals surface area contributed by atoms with Crippen molar-refractivity contribution in [2.75, 3.05) is 12.4 Å². The second kappa shape index (κ2) is 18.3. The number of ether oxygens (including phenoxy) is 2. The first-order valence-corrected chi connectivity index (χ1v) is 16.1. The normalized spacial score (nSPS) is 28.2. The van der Waals surface area contributed by atoms with E-state index < -0.39 is 36.2 Å². The summed E-state index contributed by atoms with van der Waals surface area (Å²) in [5.41, 5.74) is 2.06. The van der Waals surface area contributed by atoms with Crippen molar-refractivity contribution in [1.29, 1.82) is 0 Å². The van der Waals surface area contributed by atoms with Crippen molar-refractivity contribution >= 4 is 23.5 Å². The lowest BCUT2D eigenvalue weighted by Crippen LogP contribution is -2.45. The molecular formula is C36H50N2O7. The van der Waals surface area contributed by atoms with Gasteiger partial charge in [-0.05, 0) is 62.8 Å². The number of nitrogens with one attached hydrogen (secondary N) is 2. The number of aromatic hydroxyl groups is 1. The molecule has 246 valence electrons. The summed E-state index contributed by atoms with van der Waals surface area (Å²) in [6, 6.07) is 4.16. The van der Waals surface area contributed by atoms with E-state index in [0.717, 1.165) is 43.2 Å². The summed E-state index contributed by atoms with van der Waals surface area (Å²) in [6.45, 7) is 5.33. The lowest BCUT2D eigenvalue weighted by Gasteiger charge is -2.29. The molecule has 1 fully saturated rings. The van der Waals surface area contributed by atoms with Gasteiger partial charge in [-0.1, -0.05) is 68.7 Å². The third kappa shape index (κ3) is 12.0. The van der Waals surface area contributed by atoms with Crippen LogP contribution >= 0.6 is 0 Å². The Bertz CT molecular complexity index is 1260. The molecule has 3 rings (SSSR count). The Morgan fingerprint density at radius 1 is 1.07 bits per heavy atom. The van der Waals surface area contributed by atoms with Crippen LogP contribution in [0.2, 0.25) is 0 Å². The largest absolute Gasteiger partial charge is 0.508 e. The standard InChI is InChI=1S/C36H50N2O7/c1-24-14-13-15-27-20-29(22-30(39)21-27)38-33(40)23-31(44-4)18-11-6-5-7-12-19-32(25(2)34(24)41)45-36(43)26(3)37-35(42)28-16-9-8-10-17-28/h5-7,11-12,14,18,20-22,25-26,28,31-32,34,39,41H,8-10,13,15-17,19,23H2,1-4H3,(H,37,42)(H,38,40)/b6-5+,12-7-,18-11-,24-14-. The van der Waals surface area contributed by atoms with Crippen molar-refractivity contribution in [3.63, 3.8) is 0 Å². The van der Waals surface area contributed by atoms with Crippen LogP contribution in [0.3, 0.4) is 0 Å². The lowest BCUT2D eigenvalue weighted by atomic mass is 9.88. The summed E-state index contributed by atoms with van der Waals surface area (Å²) < 4.78 is 11.4. The topological polar surface area (TPSA) is 134 Å². The highest BCUT2D eigenvalue weighted by molar-refractivity contribution is 5.91. The van der Waals surface area contributed by atoms with E-state index in [9.17, 15) is 24.6 Å². The maximum Gasteiger partial charge on any atom is 0.328 e. The van der Waals surface area contributed by atoms with Crippen molar-refractivity contribution in [2.24, 2.45) is 11.8 Å². The van der Waals surface area contributed by atoms with Gasteiger partial charge < -0.3 is 30.3 Å². The maximum atomic E-state index is 13.1. The zero-order valence-electron chi connectivity index (χ0n) is 27.0. The van der Waals surface area contributed by atoms with Crippen LogP contribution < -0.4 is 10.6 Å². The van der Waals surface area contributed by atoms with Crippen LogP contribution in [0.4, 0.5) is 5.69 Å². The van der Waals surface area contributed by atoms with Gasteiger partial charge in [-0.3, -0.25) is 9.59 Å². The molecule has 1 heterocycles. The number of rotatable bonds is 5. The summed E-state index contributed by atoms with van der Waals surface area (Å²) >= 11 is 0. The van der Waals surface area contributed by atoms with Crippen molar-refractivity contribution < 1.29 is 34.1 Å². The summed E-state index contributed by atoms with van der Waals surface area (Å²) in [5.74, 6) is -1.33. The maximum absolute atomic E-state index is 13.1. The molecule has 0 saturated heterocycles. The summed E-state index contributed by atoms with van der Waals surface area (Å²) in [6.07, 6.45) is 17.4. The highest BCUT2D eigenvalue weighted by Gasteiger charge is 2.31. The van der Waals surface area contributed by atoms with Crippen LogP contribution in [0.5, 0.6) is 5.75 Å². The van der Waals surface area contributed by atoms with E-state index in [4.69, 9.17) is 9.47 Å². The van der Waals surface area contributed by atoms with Gasteiger partial charge in [0, 0.05) is 37.1 Å². The number of carbonyl (C=O) groups is 3. The lowest BCUT2D eigenvalue weighted by molar-refractivity contribution is -0.156. The van der Waals surface area contributed by atoms with Crippen molar-refractivity contribution in [3.05, 3.63) is 71.9 Å². The number of fused-ring (bicyclic) bond motifs is 2. The number of methoxy groups -OCH3 is 1. The zero-order chi connectivity index (χ0) is 32.8. The van der Waals surface area contributed by atoms with Gasteiger partial charge in [-0.25, -0.2) is 4.79 Å². The highest BCUT2D eigenvalue weighted by atomic mass is 16.5. The van der Waals surface area contributed by atoms with Crippen LogP contribution in [0.25, 0.3) is 0 Å². The predicted molar refractivity (Wildman–Crippen MR) is 175 cm³/mol. The van der Waals surface area contributed by atoms with E-state index in [1.54, 1.807) is 31.2 Å². The SMILES string of the molecule is COC1\C=C/C=C/C=C\CC(OC(=O)C(C)NC(=O)C2CCCCC2)C(C)C(O)/C(C)=C\CCc2cc(O)cc(c2)NC(=O)C1. The van der Waals surface area contributed by atoms with Crippen molar-refractivity contribution in [1.82, 2.24) is 5.32 Å². The molecule has 1 aromatic rings. The molecule has 1 aromatic carbocycles. The molecule has 1 aliphatic heterocycles. The Balaban J connectivity index is 1.78. The Labute approximate surface area is 267 Å². The molecule has 2 aliphatic rings. The van der Waals surface area contributed by atoms with E-state index >= 15 is 0 Å². The highest BCUT2D eigenvalue weighted by Crippen LogP contribution is 2.26. The molecule has 2 amide bonds. The molecular weight excluding hydrogens is 572 g/mol. The predicted octanol–water partition coefficient (Wildman–Crippen LogP) is 5.68. The second-order valence-corrected chi connectivity index (χ2v) is 12.2. The van der Waals surface area contributed by atoms with Gasteiger partial charge in [0.25, 0.3) is 0 Å². The van der Waals surface area contributed by atoms with E-state index in [-0.39, 0.29) is 29.9 Å². The minimum Gasteiger partial charge on any atom is -0.508 e. The Hall–Kier alpha value is -3.69. The van der Waals surface area contributed by atoms with Gasteiger partial charge in [-0.2, -0.15) is 0 Å². The number of aliphatic hydroxyl groups is 1. The molecule has 2 bridgehead atoms. The van der Waals surface area contributed by atoms with Crippen LogP contribution in [0, 0.1) is 11.8 Å². The zero-order valence-corrected chi connectivity index (χ0v) is 27.0. The number of hydrogen-bond acceptors (Lipinski definition) is 7. The monoisotopic (exact) mass is 622 g/mol. The van der Waals surface area contributed by atoms with Gasteiger partial charge >= 0.3 is 5.97 Å². The van der Waals surface area contributed by atoms with E-state index in [1.165, 1.54) is 13.2 Å². The number of amides is 2. The average molecular weight is 623 g/mol. The summed E-state index contributed by atoms with van der Waals surface area (Å²) in [7, 11) is 1.54. The first kappa shape index (κ1) is 35.8. The number of esters is 1. The van der Waals surface area contributed by atoms with E-state index in [0.29, 0.717) is 24.9 Å². The molecule has 5 unspecified atom stereocenters. The Morgan fingerprint density at radius 3 is 2.53 bits per heavy atom. The minimum atomic E-state index is -0.874. The van der Waals surface area contributed by atoms with Crippen molar-refractivity contribution in [3.8, 4) is 5.75 Å². The molecule has 0 aromatic heterocycles. The Kier molecular flexibility index (Phi) is 14.6. The fraction of sp³-hybridized carbons (Fsp3) is 0.528.